The van der Waals surface area contributed by atoms with Gasteiger partial charge in [-0.3, -0.25) is 0 Å². The van der Waals surface area contributed by atoms with Gasteiger partial charge in [-0.15, -0.1) is 0 Å². The van der Waals surface area contributed by atoms with E-state index in [2.05, 4.69) is 0 Å². The fraction of sp³-hybridized carbons (Fsp3) is 0. The van der Waals surface area contributed by atoms with Gasteiger partial charge in [0.25, 0.3) is 0 Å². The Morgan fingerprint density at radius 3 is 1.00 bits per heavy atom. The SMILES string of the molecule is O.[Mn].[Nd].[SrH2]. The summed E-state index contributed by atoms with van der Waals surface area (Å²) in [5.41, 5.74) is 0. The van der Waals surface area contributed by atoms with Gasteiger partial charge in [0.15, 0.2) is 0 Å². The van der Waals surface area contributed by atoms with Crippen LogP contribution in [0.2, 0.25) is 0 Å². The molecule has 0 fully saturated rings. The first-order chi connectivity index (χ1) is 0. The van der Waals surface area contributed by atoms with E-state index in [1.807, 2.05) is 0 Å². The number of rotatable bonds is 0. The van der Waals surface area contributed by atoms with Crippen molar-refractivity contribution in [1.82, 2.24) is 0 Å². The minimum absolute atomic E-state index is 0. The molecule has 0 aromatic rings. The van der Waals surface area contributed by atoms with Gasteiger partial charge in [-0.1, -0.05) is 0 Å². The van der Waals surface area contributed by atoms with Crippen molar-refractivity contribution in [3.8, 4) is 0 Å². The quantitative estimate of drug-likeness (QED) is 0.476. The second kappa shape index (κ2) is 16.2. The molecule has 0 atom stereocenters. The van der Waals surface area contributed by atoms with Crippen LogP contribution in [0.5, 0.6) is 0 Å². The molecule has 4 heavy (non-hydrogen) atoms. The van der Waals surface area contributed by atoms with Crippen LogP contribution < -0.4 is 0 Å². The van der Waals surface area contributed by atoms with Crippen molar-refractivity contribution in [2.24, 2.45) is 0 Å². The average molecular weight is 307 g/mol. The van der Waals surface area contributed by atoms with Gasteiger partial charge in [-0.2, -0.15) is 0 Å². The average Bonchev–Trinajstić information content (AvgIpc) is 0. The Kier molecular flexibility index (Phi) is 108. The molecule has 0 bridgehead atoms. The third-order valence-corrected chi connectivity index (χ3v) is 0. The van der Waals surface area contributed by atoms with Crippen LogP contribution in [0.4, 0.5) is 0 Å². The molecule has 0 saturated carbocycles. The van der Waals surface area contributed by atoms with Crippen LogP contribution in [0.1, 0.15) is 0 Å². The Morgan fingerprint density at radius 1 is 1.00 bits per heavy atom. The summed E-state index contributed by atoms with van der Waals surface area (Å²) in [6, 6.07) is 0. The summed E-state index contributed by atoms with van der Waals surface area (Å²) in [5, 5.41) is 0. The third kappa shape index (κ3) is 9.00. The van der Waals surface area contributed by atoms with Gasteiger partial charge in [-0.25, -0.2) is 0 Å². The minimum atomic E-state index is 0. The van der Waals surface area contributed by atoms with Crippen LogP contribution in [0.25, 0.3) is 0 Å². The van der Waals surface area contributed by atoms with Crippen molar-refractivity contribution in [3.05, 3.63) is 0 Å². The summed E-state index contributed by atoms with van der Waals surface area (Å²) >= 11 is 0. The Balaban J connectivity index is 0. The molecule has 0 aliphatic carbocycles. The van der Waals surface area contributed by atoms with E-state index in [1.54, 1.807) is 0 Å². The summed E-state index contributed by atoms with van der Waals surface area (Å²) < 4.78 is 0. The molecule has 0 rings (SSSR count). The van der Waals surface area contributed by atoms with Crippen molar-refractivity contribution in [1.29, 1.82) is 0 Å². The Hall–Kier alpha value is 3.31. The van der Waals surface area contributed by atoms with Gasteiger partial charge in [0.2, 0.25) is 0 Å². The van der Waals surface area contributed by atoms with Crippen molar-refractivity contribution >= 4 is 45.5 Å². The van der Waals surface area contributed by atoms with Crippen LogP contribution in [-0.2, 0) is 17.1 Å². The molecule has 1 nitrogen and oxygen atoms in total. The molecule has 0 aliphatic heterocycles. The number of hydrogen-bond donors (Lipinski definition) is 0. The van der Waals surface area contributed by atoms with Crippen LogP contribution in [-0.4, -0.2) is 51.0 Å². The van der Waals surface area contributed by atoms with Gasteiger partial charge < -0.3 is 5.48 Å². The zero-order valence-corrected chi connectivity index (χ0v) is 5.77. The molecule has 0 aromatic heterocycles. The monoisotopic (exact) mass is 305 g/mol. The van der Waals surface area contributed by atoms with Gasteiger partial charge in [-0.05, 0) is 0 Å². The zero-order chi connectivity index (χ0) is 0. The predicted molar refractivity (Wildman–Crippen MR) is 12.2 cm³/mol. The molecular formula is H4MnNdOSr. The molecule has 0 amide bonds. The van der Waals surface area contributed by atoms with E-state index in [0.717, 1.165) is 0 Å². The maximum absolute atomic E-state index is 0. The Morgan fingerprint density at radius 2 is 1.00 bits per heavy atom. The molecule has 1 radical (unpaired) electrons. The summed E-state index contributed by atoms with van der Waals surface area (Å²) in [5.74, 6) is 0. The Labute approximate surface area is 106 Å². The van der Waals surface area contributed by atoms with Gasteiger partial charge >= 0.3 is 45.5 Å². The first kappa shape index (κ1) is 26.6. The molecule has 0 spiro atoms. The topological polar surface area (TPSA) is 31.5 Å². The summed E-state index contributed by atoms with van der Waals surface area (Å²) in [6.45, 7) is 0. The van der Waals surface area contributed by atoms with Crippen LogP contribution in [0, 0.1) is 40.8 Å². The molecule has 0 unspecified atom stereocenters. The normalized spacial score (nSPS) is 0. The van der Waals surface area contributed by atoms with Gasteiger partial charge in [0.1, 0.15) is 0 Å². The molecule has 0 aromatic carbocycles. The molecule has 23 valence electrons. The summed E-state index contributed by atoms with van der Waals surface area (Å²) in [6.07, 6.45) is 0. The molecule has 2 N–H and O–H groups in total. The van der Waals surface area contributed by atoms with Crippen LogP contribution in [0.3, 0.4) is 0 Å². The number of hydrogen-bond acceptors (Lipinski definition) is 0. The van der Waals surface area contributed by atoms with E-state index in [0.29, 0.717) is 0 Å². The first-order valence-corrected chi connectivity index (χ1v) is 0. The molecule has 4 heteroatoms. The van der Waals surface area contributed by atoms with E-state index in [-0.39, 0.29) is 109 Å². The summed E-state index contributed by atoms with van der Waals surface area (Å²) in [4.78, 5) is 0. The summed E-state index contributed by atoms with van der Waals surface area (Å²) in [7, 11) is 0. The fourth-order valence-corrected chi connectivity index (χ4v) is 0. The molecular weight excluding hydrogens is 303 g/mol. The Bertz CT molecular complexity index is 8.00. The van der Waals surface area contributed by atoms with Crippen molar-refractivity contribution in [2.45, 2.75) is 0 Å². The van der Waals surface area contributed by atoms with E-state index < -0.39 is 0 Å². The van der Waals surface area contributed by atoms with E-state index in [4.69, 9.17) is 0 Å². The second-order valence-corrected chi connectivity index (χ2v) is 0. The van der Waals surface area contributed by atoms with E-state index in [1.165, 1.54) is 0 Å². The second-order valence-electron chi connectivity index (χ2n) is 0. The van der Waals surface area contributed by atoms with Crippen LogP contribution >= 0.6 is 0 Å². The van der Waals surface area contributed by atoms with E-state index in [9.17, 15) is 0 Å². The van der Waals surface area contributed by atoms with Crippen molar-refractivity contribution in [2.75, 3.05) is 0 Å². The van der Waals surface area contributed by atoms with E-state index >= 15 is 0 Å². The van der Waals surface area contributed by atoms with Crippen molar-refractivity contribution in [3.63, 3.8) is 0 Å². The first-order valence-electron chi connectivity index (χ1n) is 0. The third-order valence-electron chi connectivity index (χ3n) is 0. The maximum atomic E-state index is 0. The van der Waals surface area contributed by atoms with Gasteiger partial charge in [0.05, 0.1) is 0 Å². The molecule has 0 aliphatic rings. The molecule has 0 heterocycles. The zero-order valence-electron chi connectivity index (χ0n) is 1.38. The standard InChI is InChI=1S/Mn.Nd.H2O.Sr.2H/h;;1H2;;;. The van der Waals surface area contributed by atoms with Crippen LogP contribution in [0.15, 0.2) is 0 Å². The van der Waals surface area contributed by atoms with Gasteiger partial charge in [0, 0.05) is 57.9 Å². The van der Waals surface area contributed by atoms with Crippen molar-refractivity contribution < 1.29 is 63.4 Å². The molecule has 0 saturated heterocycles. The fourth-order valence-electron chi connectivity index (χ4n) is 0. The predicted octanol–water partition coefficient (Wildman–Crippen LogP) is -1.74.